The predicted molar refractivity (Wildman–Crippen MR) is 105 cm³/mol. The van der Waals surface area contributed by atoms with Crippen LogP contribution >= 0.6 is 0 Å². The number of aromatic hydroxyl groups is 1. The molecular weight excluding hydrogens is 356 g/mol. The van der Waals surface area contributed by atoms with E-state index in [1.54, 1.807) is 30.3 Å². The number of aryl methyl sites for hydroxylation is 1. The summed E-state index contributed by atoms with van der Waals surface area (Å²) in [6.07, 6.45) is 1.11. The number of hydrogen-bond donors (Lipinski definition) is 3. The van der Waals surface area contributed by atoms with Gasteiger partial charge in [0, 0.05) is 35.8 Å². The SMILES string of the molecule is CC1(C(N)CCc2ccc(O)c3c2C(=O)c2ccccc2C3=O)CNCCO1. The van der Waals surface area contributed by atoms with Crippen molar-refractivity contribution in [3.05, 3.63) is 64.2 Å². The van der Waals surface area contributed by atoms with Crippen LogP contribution in [0.4, 0.5) is 0 Å². The molecule has 146 valence electrons. The first kappa shape index (κ1) is 18.8. The molecule has 2 unspecified atom stereocenters. The van der Waals surface area contributed by atoms with Gasteiger partial charge in [-0.15, -0.1) is 0 Å². The maximum Gasteiger partial charge on any atom is 0.198 e. The average molecular weight is 380 g/mol. The van der Waals surface area contributed by atoms with Crippen LogP contribution in [0.2, 0.25) is 0 Å². The largest absolute Gasteiger partial charge is 0.507 e. The lowest BCUT2D eigenvalue weighted by molar-refractivity contribution is -0.0701. The summed E-state index contributed by atoms with van der Waals surface area (Å²) in [4.78, 5) is 26.0. The zero-order valence-electron chi connectivity index (χ0n) is 15.8. The van der Waals surface area contributed by atoms with E-state index in [4.69, 9.17) is 10.5 Å². The van der Waals surface area contributed by atoms with Crippen LogP contribution in [-0.4, -0.2) is 48.0 Å². The third-order valence-electron chi connectivity index (χ3n) is 5.84. The van der Waals surface area contributed by atoms with E-state index in [0.29, 0.717) is 42.7 Å². The van der Waals surface area contributed by atoms with Crippen LogP contribution in [0.15, 0.2) is 36.4 Å². The molecule has 1 heterocycles. The van der Waals surface area contributed by atoms with E-state index in [1.807, 2.05) is 6.92 Å². The van der Waals surface area contributed by atoms with Crippen molar-refractivity contribution in [3.63, 3.8) is 0 Å². The van der Waals surface area contributed by atoms with Crippen LogP contribution in [0.25, 0.3) is 0 Å². The van der Waals surface area contributed by atoms with Crippen LogP contribution in [0.3, 0.4) is 0 Å². The summed E-state index contributed by atoms with van der Waals surface area (Å²) >= 11 is 0. The van der Waals surface area contributed by atoms with Gasteiger partial charge in [-0.05, 0) is 31.4 Å². The molecule has 1 fully saturated rings. The van der Waals surface area contributed by atoms with Crippen molar-refractivity contribution in [1.29, 1.82) is 0 Å². The Balaban J connectivity index is 1.65. The summed E-state index contributed by atoms with van der Waals surface area (Å²) in [6.45, 7) is 4.08. The highest BCUT2D eigenvalue weighted by Gasteiger charge is 2.36. The molecule has 2 aromatic rings. The fourth-order valence-corrected chi connectivity index (χ4v) is 4.08. The Kier molecular flexibility index (Phi) is 4.79. The lowest BCUT2D eigenvalue weighted by atomic mass is 9.80. The molecule has 2 atom stereocenters. The number of carbonyl (C=O) groups is 2. The van der Waals surface area contributed by atoms with Crippen LogP contribution in [0, 0.1) is 0 Å². The highest BCUT2D eigenvalue weighted by Crippen LogP contribution is 2.35. The number of nitrogens with one attached hydrogen (secondary N) is 1. The first-order valence-corrected chi connectivity index (χ1v) is 9.56. The van der Waals surface area contributed by atoms with Crippen molar-refractivity contribution >= 4 is 11.6 Å². The lowest BCUT2D eigenvalue weighted by Crippen LogP contribution is -2.58. The van der Waals surface area contributed by atoms with Gasteiger partial charge in [0.15, 0.2) is 11.6 Å². The molecule has 2 aliphatic rings. The molecule has 0 saturated carbocycles. The summed E-state index contributed by atoms with van der Waals surface area (Å²) in [5, 5.41) is 13.6. The normalized spacial score (nSPS) is 22.5. The van der Waals surface area contributed by atoms with Gasteiger partial charge < -0.3 is 20.9 Å². The molecular formula is C22H24N2O4. The summed E-state index contributed by atoms with van der Waals surface area (Å²) in [6, 6.07) is 9.69. The molecule has 28 heavy (non-hydrogen) atoms. The molecule has 0 spiro atoms. The minimum Gasteiger partial charge on any atom is -0.507 e. The fraction of sp³-hybridized carbons (Fsp3) is 0.364. The maximum absolute atomic E-state index is 13.1. The topological polar surface area (TPSA) is 102 Å². The molecule has 2 aromatic carbocycles. The van der Waals surface area contributed by atoms with Crippen LogP contribution in [0.1, 0.15) is 50.8 Å². The molecule has 0 aromatic heterocycles. The van der Waals surface area contributed by atoms with E-state index in [9.17, 15) is 14.7 Å². The van der Waals surface area contributed by atoms with E-state index >= 15 is 0 Å². The Morgan fingerprint density at radius 2 is 1.82 bits per heavy atom. The highest BCUT2D eigenvalue weighted by molar-refractivity contribution is 6.29. The second-order valence-corrected chi connectivity index (χ2v) is 7.68. The fourth-order valence-electron chi connectivity index (χ4n) is 4.08. The van der Waals surface area contributed by atoms with Gasteiger partial charge in [-0.3, -0.25) is 9.59 Å². The van der Waals surface area contributed by atoms with E-state index in [-0.39, 0.29) is 28.9 Å². The average Bonchev–Trinajstić information content (AvgIpc) is 2.71. The third-order valence-corrected chi connectivity index (χ3v) is 5.84. The van der Waals surface area contributed by atoms with Crippen molar-refractivity contribution in [1.82, 2.24) is 5.32 Å². The van der Waals surface area contributed by atoms with Crippen molar-refractivity contribution in [3.8, 4) is 5.75 Å². The van der Waals surface area contributed by atoms with E-state index in [0.717, 1.165) is 12.1 Å². The number of phenols is 1. The monoisotopic (exact) mass is 380 g/mol. The predicted octanol–water partition coefficient (Wildman–Crippen LogP) is 1.81. The summed E-state index contributed by atoms with van der Waals surface area (Å²) in [5.41, 5.74) is 7.76. The first-order valence-electron chi connectivity index (χ1n) is 9.56. The van der Waals surface area contributed by atoms with E-state index < -0.39 is 5.60 Å². The molecule has 4 N–H and O–H groups in total. The number of hydrogen-bond acceptors (Lipinski definition) is 6. The van der Waals surface area contributed by atoms with Crippen molar-refractivity contribution in [2.75, 3.05) is 19.7 Å². The number of phenolic OH excluding ortho intramolecular Hbond substituents is 1. The van der Waals surface area contributed by atoms with Crippen LogP contribution in [-0.2, 0) is 11.2 Å². The van der Waals surface area contributed by atoms with Crippen molar-refractivity contribution < 1.29 is 19.4 Å². The van der Waals surface area contributed by atoms with Gasteiger partial charge in [-0.1, -0.05) is 30.3 Å². The Morgan fingerprint density at radius 1 is 1.14 bits per heavy atom. The van der Waals surface area contributed by atoms with Gasteiger partial charge in [-0.25, -0.2) is 0 Å². The van der Waals surface area contributed by atoms with Gasteiger partial charge in [0.2, 0.25) is 0 Å². The number of benzene rings is 2. The minimum atomic E-state index is -0.471. The number of rotatable bonds is 4. The van der Waals surface area contributed by atoms with Crippen molar-refractivity contribution in [2.45, 2.75) is 31.4 Å². The Labute approximate surface area is 163 Å². The second-order valence-electron chi connectivity index (χ2n) is 7.68. The summed E-state index contributed by atoms with van der Waals surface area (Å²) in [7, 11) is 0. The molecule has 0 radical (unpaired) electrons. The second kappa shape index (κ2) is 7.13. The minimum absolute atomic E-state index is 0.0940. The zero-order valence-corrected chi connectivity index (χ0v) is 15.8. The molecule has 0 bridgehead atoms. The molecule has 1 saturated heterocycles. The van der Waals surface area contributed by atoms with Gasteiger partial charge >= 0.3 is 0 Å². The Morgan fingerprint density at radius 3 is 2.46 bits per heavy atom. The number of morpholine rings is 1. The molecule has 1 aliphatic carbocycles. The van der Waals surface area contributed by atoms with Gasteiger partial charge in [0.25, 0.3) is 0 Å². The highest BCUT2D eigenvalue weighted by atomic mass is 16.5. The van der Waals surface area contributed by atoms with Crippen molar-refractivity contribution in [2.24, 2.45) is 5.73 Å². The summed E-state index contributed by atoms with van der Waals surface area (Å²) in [5.74, 6) is -0.713. The standard InChI is InChI=1S/C22H24N2O4/c1-22(12-24-10-11-28-22)17(23)9-7-13-6-8-16(25)19-18(13)20(26)14-4-2-3-5-15(14)21(19)27/h2-6,8,17,24-25H,7,9-12,23H2,1H3. The van der Waals surface area contributed by atoms with E-state index in [1.165, 1.54) is 6.07 Å². The summed E-state index contributed by atoms with van der Waals surface area (Å²) < 4.78 is 5.88. The lowest BCUT2D eigenvalue weighted by Gasteiger charge is -2.39. The van der Waals surface area contributed by atoms with Crippen LogP contribution < -0.4 is 11.1 Å². The Bertz CT molecular complexity index is 948. The third kappa shape index (κ3) is 3.03. The number of ketones is 2. The molecule has 0 amide bonds. The number of fused-ring (bicyclic) bond motifs is 2. The van der Waals surface area contributed by atoms with Gasteiger partial charge in [0.1, 0.15) is 5.75 Å². The quantitative estimate of drug-likeness (QED) is 0.638. The number of ether oxygens (including phenoxy) is 1. The van der Waals surface area contributed by atoms with Gasteiger partial charge in [0.05, 0.1) is 17.8 Å². The smallest absolute Gasteiger partial charge is 0.198 e. The molecule has 1 aliphatic heterocycles. The number of carbonyl (C=O) groups excluding carboxylic acids is 2. The van der Waals surface area contributed by atoms with Gasteiger partial charge in [-0.2, -0.15) is 0 Å². The maximum atomic E-state index is 13.1. The first-order chi connectivity index (χ1) is 13.4. The number of nitrogens with two attached hydrogens (primary N) is 1. The van der Waals surface area contributed by atoms with E-state index in [2.05, 4.69) is 5.32 Å². The molecule has 6 nitrogen and oxygen atoms in total. The molecule has 4 rings (SSSR count). The Hall–Kier alpha value is -2.54. The van der Waals surface area contributed by atoms with Crippen LogP contribution in [0.5, 0.6) is 5.75 Å². The molecule has 6 heteroatoms. The zero-order chi connectivity index (χ0) is 19.9.